The Balaban J connectivity index is 2.12. The van der Waals surface area contributed by atoms with Gasteiger partial charge in [-0.3, -0.25) is 0 Å². The van der Waals surface area contributed by atoms with Crippen LogP contribution in [0.25, 0.3) is 0 Å². The van der Waals surface area contributed by atoms with Crippen molar-refractivity contribution in [2.45, 2.75) is 38.0 Å². The maximum absolute atomic E-state index is 6.70. The Bertz CT molecular complexity index is 547. The molecule has 1 saturated heterocycles. The molecule has 21 heavy (non-hydrogen) atoms. The van der Waals surface area contributed by atoms with Crippen LogP contribution in [0.1, 0.15) is 26.2 Å². The minimum atomic E-state index is -2.22. The van der Waals surface area contributed by atoms with Crippen LogP contribution in [0.5, 0.6) is 0 Å². The van der Waals surface area contributed by atoms with E-state index in [0.29, 0.717) is 0 Å². The van der Waals surface area contributed by atoms with Crippen molar-refractivity contribution in [1.29, 1.82) is 0 Å². The molecule has 3 heteroatoms. The van der Waals surface area contributed by atoms with Crippen LogP contribution in [0.15, 0.2) is 60.7 Å². The van der Waals surface area contributed by atoms with Gasteiger partial charge in [0.1, 0.15) is 5.72 Å². The summed E-state index contributed by atoms with van der Waals surface area (Å²) in [5.41, 5.74) is 6.05. The van der Waals surface area contributed by atoms with Gasteiger partial charge in [-0.1, -0.05) is 67.6 Å². The lowest BCUT2D eigenvalue weighted by atomic mass is 10.1. The van der Waals surface area contributed by atoms with Crippen LogP contribution < -0.4 is 16.1 Å². The second-order valence-corrected chi connectivity index (χ2v) is 9.45. The fraction of sp³-hybridized carbons (Fsp3) is 0.333. The summed E-state index contributed by atoms with van der Waals surface area (Å²) in [5.74, 6) is 0. The summed E-state index contributed by atoms with van der Waals surface area (Å²) in [5, 5.41) is 2.67. The molecule has 2 aromatic rings. The van der Waals surface area contributed by atoms with E-state index in [9.17, 15) is 0 Å². The third-order valence-electron chi connectivity index (χ3n) is 4.58. The van der Waals surface area contributed by atoms with Gasteiger partial charge in [0.05, 0.1) is 0 Å². The van der Waals surface area contributed by atoms with E-state index in [-0.39, 0.29) is 0 Å². The first-order valence-electron chi connectivity index (χ1n) is 7.79. The first kappa shape index (κ1) is 14.5. The van der Waals surface area contributed by atoms with Crippen LogP contribution in [-0.2, 0) is 4.43 Å². The Kier molecular flexibility index (Phi) is 3.98. The molecule has 1 aliphatic heterocycles. The van der Waals surface area contributed by atoms with Crippen molar-refractivity contribution < 1.29 is 4.43 Å². The van der Waals surface area contributed by atoms with Gasteiger partial charge in [-0.25, -0.2) is 0 Å². The van der Waals surface area contributed by atoms with Crippen molar-refractivity contribution in [1.82, 2.24) is 0 Å². The summed E-state index contributed by atoms with van der Waals surface area (Å²) in [7, 11) is -2.22. The van der Waals surface area contributed by atoms with Gasteiger partial charge >= 0.3 is 0 Å². The molecule has 1 unspecified atom stereocenters. The van der Waals surface area contributed by atoms with Gasteiger partial charge in [-0.05, 0) is 35.7 Å². The van der Waals surface area contributed by atoms with Crippen LogP contribution in [0, 0.1) is 0 Å². The van der Waals surface area contributed by atoms with Crippen LogP contribution in [0.4, 0.5) is 0 Å². The van der Waals surface area contributed by atoms with E-state index in [1.807, 2.05) is 0 Å². The summed E-state index contributed by atoms with van der Waals surface area (Å²) in [4.78, 5) is 0. The third-order valence-corrected chi connectivity index (χ3v) is 8.93. The average molecular weight is 297 g/mol. The zero-order chi connectivity index (χ0) is 14.8. The zero-order valence-electron chi connectivity index (χ0n) is 12.6. The molecule has 2 nitrogen and oxygen atoms in total. The molecular formula is C18H23NOSi. The normalized spacial score (nSPS) is 24.7. The predicted molar refractivity (Wildman–Crippen MR) is 90.2 cm³/mol. The predicted octanol–water partition coefficient (Wildman–Crippen LogP) is 2.62. The Morgan fingerprint density at radius 2 is 1.52 bits per heavy atom. The Morgan fingerprint density at radius 3 is 2.00 bits per heavy atom. The summed E-state index contributed by atoms with van der Waals surface area (Å²) < 4.78 is 6.70. The molecular weight excluding hydrogens is 274 g/mol. The molecule has 0 saturated carbocycles. The molecule has 2 N–H and O–H groups in total. The summed E-state index contributed by atoms with van der Waals surface area (Å²) in [6.45, 7) is 2.13. The molecule has 0 radical (unpaired) electrons. The highest BCUT2D eigenvalue weighted by Gasteiger charge is 2.47. The molecule has 2 aromatic carbocycles. The highest BCUT2D eigenvalue weighted by atomic mass is 28.4. The number of benzene rings is 2. The summed E-state index contributed by atoms with van der Waals surface area (Å²) in [6, 6.07) is 22.5. The number of rotatable bonds is 3. The molecule has 0 amide bonds. The lowest BCUT2D eigenvalue weighted by Crippen LogP contribution is -2.68. The van der Waals surface area contributed by atoms with E-state index in [4.69, 9.17) is 10.2 Å². The Hall–Kier alpha value is -1.42. The molecule has 1 atom stereocenters. The summed E-state index contributed by atoms with van der Waals surface area (Å²) in [6.07, 6.45) is 2.96. The van der Waals surface area contributed by atoms with Crippen molar-refractivity contribution in [3.63, 3.8) is 0 Å². The van der Waals surface area contributed by atoms with Gasteiger partial charge in [0.2, 0.25) is 0 Å². The second kappa shape index (κ2) is 5.76. The number of hydrogen-bond donors (Lipinski definition) is 1. The topological polar surface area (TPSA) is 35.2 Å². The lowest BCUT2D eigenvalue weighted by molar-refractivity contribution is 0.0413. The number of hydrogen-bond acceptors (Lipinski definition) is 2. The van der Waals surface area contributed by atoms with E-state index >= 15 is 0 Å². The summed E-state index contributed by atoms with van der Waals surface area (Å²) >= 11 is 0. The minimum absolute atomic E-state index is 0.476. The van der Waals surface area contributed by atoms with E-state index in [2.05, 4.69) is 67.6 Å². The maximum atomic E-state index is 6.70. The minimum Gasteiger partial charge on any atom is -0.390 e. The Labute approximate surface area is 128 Å². The van der Waals surface area contributed by atoms with Crippen molar-refractivity contribution in [2.24, 2.45) is 5.73 Å². The van der Waals surface area contributed by atoms with Gasteiger partial charge in [0.15, 0.2) is 0 Å². The largest absolute Gasteiger partial charge is 0.390 e. The average Bonchev–Trinajstić information content (AvgIpc) is 2.56. The monoisotopic (exact) mass is 297 g/mol. The molecule has 0 spiro atoms. The molecule has 0 aromatic heterocycles. The SMILES string of the molecule is CCC1(N)CCC[Si](c2ccccc2)(c2ccccc2)O1. The van der Waals surface area contributed by atoms with Crippen molar-refractivity contribution in [2.75, 3.05) is 0 Å². The second-order valence-electron chi connectivity index (χ2n) is 5.93. The standard InChI is InChI=1S/C18H23NOSi/c1-2-18(19)14-9-15-21(20-18,16-10-5-3-6-11-16)17-12-7-4-8-13-17/h3-8,10-13H,2,9,14-15,19H2,1H3. The van der Waals surface area contributed by atoms with E-state index in [1.165, 1.54) is 10.4 Å². The molecule has 0 aliphatic carbocycles. The molecule has 0 bridgehead atoms. The van der Waals surface area contributed by atoms with Crippen molar-refractivity contribution >= 4 is 18.7 Å². The third kappa shape index (κ3) is 2.69. The first-order valence-corrected chi connectivity index (χ1v) is 9.90. The molecule has 1 heterocycles. The van der Waals surface area contributed by atoms with E-state index < -0.39 is 14.0 Å². The van der Waals surface area contributed by atoms with Crippen LogP contribution in [-0.4, -0.2) is 14.0 Å². The van der Waals surface area contributed by atoms with Gasteiger partial charge in [0, 0.05) is 0 Å². The van der Waals surface area contributed by atoms with Crippen LogP contribution in [0.2, 0.25) is 6.04 Å². The zero-order valence-corrected chi connectivity index (χ0v) is 13.6. The fourth-order valence-corrected chi connectivity index (χ4v) is 7.65. The van der Waals surface area contributed by atoms with Gasteiger partial charge in [-0.2, -0.15) is 0 Å². The highest BCUT2D eigenvalue weighted by Crippen LogP contribution is 2.32. The molecule has 1 aliphatic rings. The van der Waals surface area contributed by atoms with Gasteiger partial charge in [0.25, 0.3) is 8.32 Å². The number of nitrogens with two attached hydrogens (primary N) is 1. The molecule has 3 rings (SSSR count). The lowest BCUT2D eigenvalue weighted by Gasteiger charge is -2.45. The van der Waals surface area contributed by atoms with Crippen LogP contribution >= 0.6 is 0 Å². The van der Waals surface area contributed by atoms with E-state index in [1.54, 1.807) is 0 Å². The maximum Gasteiger partial charge on any atom is 0.258 e. The van der Waals surface area contributed by atoms with Gasteiger partial charge in [-0.15, -0.1) is 0 Å². The highest BCUT2D eigenvalue weighted by molar-refractivity contribution is 6.97. The van der Waals surface area contributed by atoms with Gasteiger partial charge < -0.3 is 10.2 Å². The first-order chi connectivity index (χ1) is 10.2. The van der Waals surface area contributed by atoms with Crippen LogP contribution in [0.3, 0.4) is 0 Å². The smallest absolute Gasteiger partial charge is 0.258 e. The van der Waals surface area contributed by atoms with Crippen molar-refractivity contribution in [3.05, 3.63) is 60.7 Å². The fourth-order valence-electron chi connectivity index (χ4n) is 3.32. The Morgan fingerprint density at radius 1 is 1.00 bits per heavy atom. The quantitative estimate of drug-likeness (QED) is 0.884. The van der Waals surface area contributed by atoms with Crippen molar-refractivity contribution in [3.8, 4) is 0 Å². The molecule has 110 valence electrons. The van der Waals surface area contributed by atoms with E-state index in [0.717, 1.165) is 25.3 Å². The molecule has 1 fully saturated rings.